The second kappa shape index (κ2) is 7.81. The van der Waals surface area contributed by atoms with E-state index in [9.17, 15) is 14.4 Å². The smallest absolute Gasteiger partial charge is 0.220 e. The van der Waals surface area contributed by atoms with Crippen LogP contribution in [-0.2, 0) is 22.4 Å². The van der Waals surface area contributed by atoms with Gasteiger partial charge in [0.15, 0.2) is 5.78 Å². The number of carbonyl (C=O) groups excluding carboxylic acids is 3. The SMILES string of the molecule is CC(=O)N1CCC(NC(=O)CCC(=O)c2ccc3c(c2)CCC3)CC1. The number of hydrogen-bond acceptors (Lipinski definition) is 3. The number of nitrogens with zero attached hydrogens (tertiary/aromatic N) is 1. The van der Waals surface area contributed by atoms with Crippen molar-refractivity contribution >= 4 is 17.6 Å². The fraction of sp³-hybridized carbons (Fsp3) is 0.550. The first-order valence-corrected chi connectivity index (χ1v) is 9.23. The highest BCUT2D eigenvalue weighted by Crippen LogP contribution is 2.23. The summed E-state index contributed by atoms with van der Waals surface area (Å²) >= 11 is 0. The van der Waals surface area contributed by atoms with E-state index in [0.29, 0.717) is 13.1 Å². The van der Waals surface area contributed by atoms with E-state index in [0.717, 1.165) is 37.7 Å². The summed E-state index contributed by atoms with van der Waals surface area (Å²) in [7, 11) is 0. The standard InChI is InChI=1S/C20H26N2O3/c1-14(23)22-11-9-18(10-12-22)21-20(25)8-7-19(24)17-6-5-15-3-2-4-16(15)13-17/h5-6,13,18H,2-4,7-12H2,1H3,(H,21,25). The van der Waals surface area contributed by atoms with Crippen LogP contribution in [0.3, 0.4) is 0 Å². The van der Waals surface area contributed by atoms with Crippen LogP contribution in [0, 0.1) is 0 Å². The minimum atomic E-state index is -0.0733. The molecule has 0 spiro atoms. The third-order valence-electron chi connectivity index (χ3n) is 5.30. The summed E-state index contributed by atoms with van der Waals surface area (Å²) in [6.45, 7) is 2.95. The zero-order chi connectivity index (χ0) is 17.8. The number of fused-ring (bicyclic) bond motifs is 1. The molecule has 1 aromatic rings. The number of carbonyl (C=O) groups is 3. The number of Topliss-reactive ketones (excluding diaryl/α,β-unsaturated/α-hetero) is 1. The largest absolute Gasteiger partial charge is 0.353 e. The van der Waals surface area contributed by atoms with E-state index in [1.807, 2.05) is 12.1 Å². The summed E-state index contributed by atoms with van der Waals surface area (Å²) in [5.41, 5.74) is 3.36. The quantitative estimate of drug-likeness (QED) is 0.835. The van der Waals surface area contributed by atoms with Gasteiger partial charge in [-0.25, -0.2) is 0 Å². The van der Waals surface area contributed by atoms with Crippen LogP contribution in [0.5, 0.6) is 0 Å². The van der Waals surface area contributed by atoms with Gasteiger partial charge >= 0.3 is 0 Å². The lowest BCUT2D eigenvalue weighted by Crippen LogP contribution is -2.46. The van der Waals surface area contributed by atoms with Crippen LogP contribution in [-0.4, -0.2) is 41.6 Å². The molecule has 5 heteroatoms. The first kappa shape index (κ1) is 17.6. The Balaban J connectivity index is 1.43. The van der Waals surface area contributed by atoms with Gasteiger partial charge in [-0.3, -0.25) is 14.4 Å². The Morgan fingerprint density at radius 2 is 1.80 bits per heavy atom. The summed E-state index contributed by atoms with van der Waals surface area (Å²) in [4.78, 5) is 37.6. The van der Waals surface area contributed by atoms with Crippen molar-refractivity contribution in [2.24, 2.45) is 0 Å². The maximum absolute atomic E-state index is 12.3. The van der Waals surface area contributed by atoms with E-state index in [2.05, 4.69) is 11.4 Å². The van der Waals surface area contributed by atoms with E-state index in [1.165, 1.54) is 11.1 Å². The number of amides is 2. The van der Waals surface area contributed by atoms with E-state index in [4.69, 9.17) is 0 Å². The molecule has 1 fully saturated rings. The number of nitrogens with one attached hydrogen (secondary N) is 1. The van der Waals surface area contributed by atoms with Gasteiger partial charge in [-0.2, -0.15) is 0 Å². The molecule has 2 amide bonds. The highest BCUT2D eigenvalue weighted by atomic mass is 16.2. The van der Waals surface area contributed by atoms with Crippen LogP contribution in [0.25, 0.3) is 0 Å². The Labute approximate surface area is 148 Å². The second-order valence-corrected chi connectivity index (χ2v) is 7.11. The Morgan fingerprint density at radius 3 is 2.52 bits per heavy atom. The third-order valence-corrected chi connectivity index (χ3v) is 5.30. The molecule has 2 aliphatic rings. The van der Waals surface area contributed by atoms with Gasteiger partial charge in [0, 0.05) is 44.5 Å². The number of hydrogen-bond donors (Lipinski definition) is 1. The number of rotatable bonds is 5. The van der Waals surface area contributed by atoms with Crippen molar-refractivity contribution in [1.82, 2.24) is 10.2 Å². The molecule has 5 nitrogen and oxygen atoms in total. The lowest BCUT2D eigenvalue weighted by Gasteiger charge is -2.31. The monoisotopic (exact) mass is 342 g/mol. The maximum Gasteiger partial charge on any atom is 0.220 e. The highest BCUT2D eigenvalue weighted by Gasteiger charge is 2.22. The van der Waals surface area contributed by atoms with Gasteiger partial charge < -0.3 is 10.2 Å². The molecular formula is C20H26N2O3. The lowest BCUT2D eigenvalue weighted by atomic mass is 10.0. The Bertz CT molecular complexity index is 676. The first-order valence-electron chi connectivity index (χ1n) is 9.23. The second-order valence-electron chi connectivity index (χ2n) is 7.11. The van der Waals surface area contributed by atoms with Gasteiger partial charge in [0.2, 0.25) is 11.8 Å². The summed E-state index contributed by atoms with van der Waals surface area (Å²) in [6, 6.07) is 6.05. The maximum atomic E-state index is 12.3. The Hall–Kier alpha value is -2.17. The molecule has 0 radical (unpaired) electrons. The summed E-state index contributed by atoms with van der Waals surface area (Å²) in [6.07, 6.45) is 5.36. The number of likely N-dealkylation sites (tertiary alicyclic amines) is 1. The van der Waals surface area contributed by atoms with Crippen molar-refractivity contribution in [3.05, 3.63) is 34.9 Å². The van der Waals surface area contributed by atoms with E-state index < -0.39 is 0 Å². The lowest BCUT2D eigenvalue weighted by molar-refractivity contribution is -0.130. The molecule has 0 saturated carbocycles. The van der Waals surface area contributed by atoms with Crippen LogP contribution in [0.4, 0.5) is 0 Å². The van der Waals surface area contributed by atoms with E-state index in [-0.39, 0.29) is 36.5 Å². The molecule has 1 heterocycles. The first-order chi connectivity index (χ1) is 12.0. The molecule has 1 N–H and O–H groups in total. The van der Waals surface area contributed by atoms with Gasteiger partial charge in [0.05, 0.1) is 0 Å². The zero-order valence-corrected chi connectivity index (χ0v) is 14.8. The van der Waals surface area contributed by atoms with Crippen LogP contribution >= 0.6 is 0 Å². The van der Waals surface area contributed by atoms with E-state index >= 15 is 0 Å². The van der Waals surface area contributed by atoms with Gasteiger partial charge in [-0.15, -0.1) is 0 Å². The molecule has 0 atom stereocenters. The number of aryl methyl sites for hydroxylation is 2. The van der Waals surface area contributed by atoms with E-state index in [1.54, 1.807) is 11.8 Å². The number of benzene rings is 1. The average Bonchev–Trinajstić information content (AvgIpc) is 3.07. The van der Waals surface area contributed by atoms with Crippen LogP contribution in [0.2, 0.25) is 0 Å². The van der Waals surface area contributed by atoms with Gasteiger partial charge in [-0.05, 0) is 49.3 Å². The molecular weight excluding hydrogens is 316 g/mol. The minimum Gasteiger partial charge on any atom is -0.353 e. The van der Waals surface area contributed by atoms with Crippen molar-refractivity contribution < 1.29 is 14.4 Å². The molecule has 3 rings (SSSR count). The summed E-state index contributed by atoms with van der Waals surface area (Å²) in [5.74, 6) is 0.0525. The van der Waals surface area contributed by atoms with Gasteiger partial charge in [-0.1, -0.05) is 12.1 Å². The zero-order valence-electron chi connectivity index (χ0n) is 14.8. The van der Waals surface area contributed by atoms with Gasteiger partial charge in [0.25, 0.3) is 0 Å². The summed E-state index contributed by atoms with van der Waals surface area (Å²) < 4.78 is 0. The molecule has 0 aromatic heterocycles. The highest BCUT2D eigenvalue weighted by molar-refractivity contribution is 5.98. The minimum absolute atomic E-state index is 0.0382. The van der Waals surface area contributed by atoms with Crippen molar-refractivity contribution in [1.29, 1.82) is 0 Å². The molecule has 1 aromatic carbocycles. The molecule has 1 aliphatic heterocycles. The molecule has 134 valence electrons. The fourth-order valence-electron chi connectivity index (χ4n) is 3.76. The molecule has 1 saturated heterocycles. The van der Waals surface area contributed by atoms with Crippen molar-refractivity contribution in [2.75, 3.05) is 13.1 Å². The predicted molar refractivity (Wildman–Crippen MR) is 95.5 cm³/mol. The van der Waals surface area contributed by atoms with Crippen LogP contribution in [0.15, 0.2) is 18.2 Å². The van der Waals surface area contributed by atoms with Crippen molar-refractivity contribution in [3.8, 4) is 0 Å². The molecule has 0 unspecified atom stereocenters. The van der Waals surface area contributed by atoms with Crippen molar-refractivity contribution in [2.45, 2.75) is 57.9 Å². The molecule has 0 bridgehead atoms. The average molecular weight is 342 g/mol. The Kier molecular flexibility index (Phi) is 5.51. The fourth-order valence-corrected chi connectivity index (χ4v) is 3.76. The normalized spacial score (nSPS) is 17.2. The summed E-state index contributed by atoms with van der Waals surface area (Å²) in [5, 5.41) is 3.00. The number of ketones is 1. The molecule has 1 aliphatic carbocycles. The third kappa shape index (κ3) is 4.47. The van der Waals surface area contributed by atoms with Gasteiger partial charge in [0.1, 0.15) is 0 Å². The number of piperidine rings is 1. The predicted octanol–water partition coefficient (Wildman–Crippen LogP) is 2.27. The molecule has 25 heavy (non-hydrogen) atoms. The van der Waals surface area contributed by atoms with Crippen LogP contribution < -0.4 is 5.32 Å². The van der Waals surface area contributed by atoms with Crippen molar-refractivity contribution in [3.63, 3.8) is 0 Å². The van der Waals surface area contributed by atoms with Crippen LogP contribution in [0.1, 0.15) is 60.5 Å². The topological polar surface area (TPSA) is 66.5 Å². The Morgan fingerprint density at radius 1 is 1.08 bits per heavy atom.